The minimum Gasteiger partial charge on any atom is -0.503 e. The largest absolute Gasteiger partial charge is 0.503 e. The minimum absolute atomic E-state index is 0.00769. The molecule has 0 spiro atoms. The Morgan fingerprint density at radius 2 is 1.76 bits per heavy atom. The van der Waals surface area contributed by atoms with Gasteiger partial charge in [-0.05, 0) is 28.3 Å². The van der Waals surface area contributed by atoms with Crippen LogP contribution in [0.15, 0.2) is 60.7 Å². The van der Waals surface area contributed by atoms with Crippen LogP contribution in [0.2, 0.25) is 0 Å². The van der Waals surface area contributed by atoms with Gasteiger partial charge in [-0.1, -0.05) is 60.4 Å². The predicted molar refractivity (Wildman–Crippen MR) is 124 cm³/mol. The molecule has 0 heterocycles. The lowest BCUT2D eigenvalue weighted by molar-refractivity contribution is 0.143. The zero-order valence-electron chi connectivity index (χ0n) is 18.1. The molecule has 33 heavy (non-hydrogen) atoms. The summed E-state index contributed by atoms with van der Waals surface area (Å²) in [5.41, 5.74) is 5.31. The summed E-state index contributed by atoms with van der Waals surface area (Å²) in [5, 5.41) is 21.9. The molecule has 1 aliphatic carbocycles. The Hall–Kier alpha value is -4.42. The van der Waals surface area contributed by atoms with Gasteiger partial charge in [0.05, 0.1) is 24.3 Å². The molecule has 0 saturated heterocycles. The molecule has 0 aliphatic heterocycles. The summed E-state index contributed by atoms with van der Waals surface area (Å²) in [6.45, 7) is 0.541. The standard InChI is InChI=1S/C27H22N2O4/c1-32-25-15-18(16-28)14-19(26(25)30)8-6-7-13-29-27(31)33-17-24-22-11-4-2-9-20(22)21-10-3-5-12-23(21)24/h2-5,9-12,14-15,24,30H,7,13,17H2,1H3,(H,29,31). The Balaban J connectivity index is 1.31. The van der Waals surface area contributed by atoms with Crippen LogP contribution in [0.25, 0.3) is 11.1 Å². The SMILES string of the molecule is COc1cc(C#N)cc(C#CCCNC(=O)OCC2c3ccccc3-c3ccccc32)c1O. The van der Waals surface area contributed by atoms with Crippen LogP contribution >= 0.6 is 0 Å². The number of nitrogens with zero attached hydrogens (tertiary/aromatic N) is 1. The molecular weight excluding hydrogens is 416 g/mol. The van der Waals surface area contributed by atoms with Crippen LogP contribution in [-0.2, 0) is 4.74 Å². The summed E-state index contributed by atoms with van der Waals surface area (Å²) in [5.74, 6) is 5.77. The lowest BCUT2D eigenvalue weighted by Gasteiger charge is -2.14. The van der Waals surface area contributed by atoms with E-state index in [-0.39, 0.29) is 24.0 Å². The topological polar surface area (TPSA) is 91.6 Å². The molecule has 3 aromatic rings. The number of rotatable bonds is 5. The van der Waals surface area contributed by atoms with E-state index in [9.17, 15) is 9.90 Å². The van der Waals surface area contributed by atoms with Crippen LogP contribution in [0, 0.1) is 23.2 Å². The highest BCUT2D eigenvalue weighted by Gasteiger charge is 2.28. The Labute approximate surface area is 192 Å². The monoisotopic (exact) mass is 438 g/mol. The number of hydrogen-bond acceptors (Lipinski definition) is 5. The lowest BCUT2D eigenvalue weighted by atomic mass is 9.98. The molecule has 0 atom stereocenters. The molecule has 1 aliphatic rings. The van der Waals surface area contributed by atoms with Crippen molar-refractivity contribution in [1.82, 2.24) is 5.32 Å². The number of carbonyl (C=O) groups is 1. The first-order chi connectivity index (χ1) is 16.1. The molecule has 0 unspecified atom stereocenters. The number of alkyl carbamates (subject to hydrolysis) is 1. The second-order valence-electron chi connectivity index (χ2n) is 7.49. The van der Waals surface area contributed by atoms with Gasteiger partial charge in [0, 0.05) is 24.9 Å². The highest BCUT2D eigenvalue weighted by atomic mass is 16.5. The molecule has 0 fully saturated rings. The molecule has 2 N–H and O–H groups in total. The number of fused-ring (bicyclic) bond motifs is 3. The normalized spacial score (nSPS) is 11.4. The van der Waals surface area contributed by atoms with Crippen LogP contribution < -0.4 is 10.1 Å². The van der Waals surface area contributed by atoms with Crippen molar-refractivity contribution in [3.63, 3.8) is 0 Å². The van der Waals surface area contributed by atoms with Crippen molar-refractivity contribution >= 4 is 6.09 Å². The Bertz CT molecular complexity index is 1250. The maximum Gasteiger partial charge on any atom is 0.407 e. The molecule has 164 valence electrons. The van der Waals surface area contributed by atoms with E-state index in [1.54, 1.807) is 0 Å². The highest BCUT2D eigenvalue weighted by Crippen LogP contribution is 2.44. The summed E-state index contributed by atoms with van der Waals surface area (Å²) >= 11 is 0. The molecule has 0 aromatic heterocycles. The van der Waals surface area contributed by atoms with Crippen molar-refractivity contribution in [3.05, 3.63) is 82.9 Å². The molecule has 0 saturated carbocycles. The molecule has 0 radical (unpaired) electrons. The Morgan fingerprint density at radius 3 is 2.39 bits per heavy atom. The van der Waals surface area contributed by atoms with E-state index in [1.165, 1.54) is 30.4 Å². The first kappa shape index (κ1) is 21.8. The number of benzene rings is 3. The van der Waals surface area contributed by atoms with E-state index < -0.39 is 6.09 Å². The Morgan fingerprint density at radius 1 is 1.09 bits per heavy atom. The number of amides is 1. The maximum atomic E-state index is 12.2. The maximum absolute atomic E-state index is 12.2. The van der Waals surface area contributed by atoms with Gasteiger partial charge in [0.1, 0.15) is 6.61 Å². The fourth-order valence-electron chi connectivity index (χ4n) is 3.96. The van der Waals surface area contributed by atoms with Gasteiger partial charge in [-0.15, -0.1) is 0 Å². The third kappa shape index (κ3) is 4.61. The van der Waals surface area contributed by atoms with E-state index in [1.807, 2.05) is 30.3 Å². The van der Waals surface area contributed by atoms with Crippen molar-refractivity contribution in [2.24, 2.45) is 0 Å². The van der Waals surface area contributed by atoms with E-state index in [4.69, 9.17) is 14.7 Å². The van der Waals surface area contributed by atoms with Crippen LogP contribution in [-0.4, -0.2) is 31.5 Å². The number of hydrogen-bond donors (Lipinski definition) is 2. The number of methoxy groups -OCH3 is 1. The van der Waals surface area contributed by atoms with Crippen molar-refractivity contribution in [2.45, 2.75) is 12.3 Å². The zero-order valence-corrected chi connectivity index (χ0v) is 18.1. The van der Waals surface area contributed by atoms with E-state index >= 15 is 0 Å². The summed E-state index contributed by atoms with van der Waals surface area (Å²) in [6, 6.07) is 21.3. The van der Waals surface area contributed by atoms with Gasteiger partial charge in [0.25, 0.3) is 0 Å². The molecule has 0 bridgehead atoms. The van der Waals surface area contributed by atoms with Crippen LogP contribution in [0.4, 0.5) is 4.79 Å². The molecular formula is C27H22N2O4. The van der Waals surface area contributed by atoms with Crippen LogP contribution in [0.1, 0.15) is 34.6 Å². The molecule has 4 rings (SSSR count). The van der Waals surface area contributed by atoms with Crippen molar-refractivity contribution in [1.29, 1.82) is 5.26 Å². The number of phenolic OH excluding ortho intramolecular Hbond substituents is 1. The molecule has 6 nitrogen and oxygen atoms in total. The average Bonchev–Trinajstić information content (AvgIpc) is 3.17. The van der Waals surface area contributed by atoms with Crippen molar-refractivity contribution in [2.75, 3.05) is 20.3 Å². The second-order valence-corrected chi connectivity index (χ2v) is 7.49. The lowest BCUT2D eigenvalue weighted by Crippen LogP contribution is -2.26. The Kier molecular flexibility index (Phi) is 6.48. The summed E-state index contributed by atoms with van der Waals surface area (Å²) in [6.07, 6.45) is -0.155. The second kappa shape index (κ2) is 9.80. The number of ether oxygens (including phenoxy) is 2. The number of aromatic hydroxyl groups is 1. The van der Waals surface area contributed by atoms with Gasteiger partial charge in [-0.2, -0.15) is 5.26 Å². The van der Waals surface area contributed by atoms with Crippen LogP contribution in [0.3, 0.4) is 0 Å². The van der Waals surface area contributed by atoms with E-state index in [0.717, 1.165) is 11.1 Å². The highest BCUT2D eigenvalue weighted by molar-refractivity contribution is 5.79. The number of carbonyl (C=O) groups excluding carboxylic acids is 1. The molecule has 6 heteroatoms. The quantitative estimate of drug-likeness (QED) is 0.450. The molecule has 1 amide bonds. The van der Waals surface area contributed by atoms with Gasteiger partial charge < -0.3 is 19.9 Å². The average molecular weight is 438 g/mol. The first-order valence-electron chi connectivity index (χ1n) is 10.5. The van der Waals surface area contributed by atoms with Gasteiger partial charge in [0.15, 0.2) is 11.5 Å². The first-order valence-corrected chi connectivity index (χ1v) is 10.5. The fraction of sp³-hybridized carbons (Fsp3) is 0.185. The van der Waals surface area contributed by atoms with Gasteiger partial charge in [0.2, 0.25) is 0 Å². The van der Waals surface area contributed by atoms with E-state index in [2.05, 4.69) is 41.4 Å². The van der Waals surface area contributed by atoms with Gasteiger partial charge in [-0.3, -0.25) is 0 Å². The summed E-state index contributed by atoms with van der Waals surface area (Å²) < 4.78 is 10.6. The number of phenols is 1. The number of nitriles is 1. The predicted octanol–water partition coefficient (Wildman–Crippen LogP) is 4.55. The van der Waals surface area contributed by atoms with Crippen LogP contribution in [0.5, 0.6) is 11.5 Å². The summed E-state index contributed by atoms with van der Waals surface area (Å²) in [4.78, 5) is 12.2. The minimum atomic E-state index is -0.505. The third-order valence-corrected chi connectivity index (χ3v) is 5.51. The van der Waals surface area contributed by atoms with Crippen molar-refractivity contribution in [3.8, 4) is 40.5 Å². The van der Waals surface area contributed by atoms with Gasteiger partial charge >= 0.3 is 6.09 Å². The van der Waals surface area contributed by atoms with E-state index in [0.29, 0.717) is 24.1 Å². The fourth-order valence-corrected chi connectivity index (χ4v) is 3.96. The summed E-state index contributed by atoms with van der Waals surface area (Å²) in [7, 11) is 1.41. The number of nitrogens with one attached hydrogen (secondary N) is 1. The van der Waals surface area contributed by atoms with Gasteiger partial charge in [-0.25, -0.2) is 4.79 Å². The third-order valence-electron chi connectivity index (χ3n) is 5.51. The smallest absolute Gasteiger partial charge is 0.407 e. The molecule has 3 aromatic carbocycles. The van der Waals surface area contributed by atoms with Crippen molar-refractivity contribution < 1.29 is 19.4 Å². The zero-order chi connectivity index (χ0) is 23.2.